The van der Waals surface area contributed by atoms with Gasteiger partial charge < -0.3 is 19.6 Å². The van der Waals surface area contributed by atoms with Crippen LogP contribution in [-0.2, 0) is 4.79 Å². The normalized spacial score (nSPS) is 16.8. The molecule has 1 N–H and O–H groups in total. The standard InChI is InChI=1S/C22H26N2O4S/c1-4-12-28-16-8-5-7-15(14-16)19-18(20(25)17-9-6-13-29-17)21(26)22(27)24(19)11-10-23(2)3/h5-9,13-14,19,26H,4,10-12H2,1-3H3. The molecule has 1 aromatic heterocycles. The van der Waals surface area contributed by atoms with Crippen molar-refractivity contribution in [3.8, 4) is 5.75 Å². The molecular formula is C22H26N2O4S. The van der Waals surface area contributed by atoms with Gasteiger partial charge in [0, 0.05) is 5.57 Å². The third-order valence-corrected chi connectivity index (χ3v) is 5.64. The van der Waals surface area contributed by atoms with Crippen LogP contribution in [0.2, 0.25) is 0 Å². The maximum absolute atomic E-state index is 13.1. The molecule has 6 nitrogen and oxygen atoms in total. The summed E-state index contributed by atoms with van der Waals surface area (Å²) in [6, 6.07) is 10.1. The van der Waals surface area contributed by atoms with Crippen molar-refractivity contribution in [3.05, 3.63) is 63.6 Å². The van der Waals surface area contributed by atoms with Gasteiger partial charge in [0.2, 0.25) is 11.7 Å². The van der Waals surface area contributed by atoms with Gasteiger partial charge in [-0.1, -0.05) is 25.1 Å². The third-order valence-electron chi connectivity index (χ3n) is 4.77. The highest BCUT2D eigenvalue weighted by molar-refractivity contribution is 7.12. The molecule has 1 aromatic carbocycles. The number of quaternary nitrogens is 1. The van der Waals surface area contributed by atoms with Crippen LogP contribution >= 0.6 is 11.3 Å². The summed E-state index contributed by atoms with van der Waals surface area (Å²) in [7, 11) is 3.97. The van der Waals surface area contributed by atoms with Crippen LogP contribution in [0.25, 0.3) is 0 Å². The van der Waals surface area contributed by atoms with Crippen molar-refractivity contribution in [1.82, 2.24) is 4.90 Å². The van der Waals surface area contributed by atoms with Gasteiger partial charge in [-0.25, -0.2) is 0 Å². The van der Waals surface area contributed by atoms with Gasteiger partial charge in [0.15, 0.2) is 0 Å². The molecule has 1 amide bonds. The molecule has 1 atom stereocenters. The summed E-state index contributed by atoms with van der Waals surface area (Å²) < 4.78 is 5.73. The zero-order valence-electron chi connectivity index (χ0n) is 16.9. The second kappa shape index (κ2) is 9.24. The average molecular weight is 415 g/mol. The number of rotatable bonds is 9. The number of ether oxygens (including phenoxy) is 1. The predicted octanol–water partition coefficient (Wildman–Crippen LogP) is 1.06. The number of Topliss-reactive ketones (excluding diaryl/α,β-unsaturated/α-hetero) is 1. The largest absolute Gasteiger partial charge is 0.868 e. The summed E-state index contributed by atoms with van der Waals surface area (Å²) >= 11 is 1.27. The number of ketones is 1. The predicted molar refractivity (Wildman–Crippen MR) is 110 cm³/mol. The molecule has 0 spiro atoms. The Balaban J connectivity index is 2.03. The molecule has 0 bridgehead atoms. The SMILES string of the molecule is CCCOc1cccc(C2C(C(=O)c3cccs3)=C([O-])C(=O)N2CC[NH+](C)C)c1. The Hall–Kier alpha value is -2.64. The Bertz CT molecular complexity index is 905. The van der Waals surface area contributed by atoms with E-state index in [9.17, 15) is 14.7 Å². The maximum atomic E-state index is 13.1. The van der Waals surface area contributed by atoms with Gasteiger partial charge in [-0.3, -0.25) is 9.59 Å². The van der Waals surface area contributed by atoms with Gasteiger partial charge in [0.05, 0.1) is 44.7 Å². The molecule has 0 radical (unpaired) electrons. The first kappa shape index (κ1) is 21.1. The van der Waals surface area contributed by atoms with E-state index in [0.29, 0.717) is 35.9 Å². The average Bonchev–Trinajstić information content (AvgIpc) is 3.32. The van der Waals surface area contributed by atoms with Crippen LogP contribution in [0.5, 0.6) is 5.75 Å². The Morgan fingerprint density at radius 2 is 2.07 bits per heavy atom. The highest BCUT2D eigenvalue weighted by Gasteiger charge is 2.40. The minimum absolute atomic E-state index is 0.0267. The molecule has 1 aliphatic rings. The van der Waals surface area contributed by atoms with E-state index in [1.807, 2.05) is 45.3 Å². The minimum atomic E-state index is -0.706. The topological polar surface area (TPSA) is 74.1 Å². The first-order valence-corrected chi connectivity index (χ1v) is 10.6. The van der Waals surface area contributed by atoms with Crippen molar-refractivity contribution in [2.45, 2.75) is 19.4 Å². The quantitative estimate of drug-likeness (QED) is 0.623. The number of hydrogen-bond donors (Lipinski definition) is 1. The smallest absolute Gasteiger partial charge is 0.240 e. The van der Waals surface area contributed by atoms with Crippen LogP contribution in [0.4, 0.5) is 0 Å². The van der Waals surface area contributed by atoms with Gasteiger partial charge in [-0.15, -0.1) is 11.3 Å². The number of carbonyl (C=O) groups excluding carboxylic acids is 2. The number of benzene rings is 1. The van der Waals surface area contributed by atoms with Crippen molar-refractivity contribution >= 4 is 23.0 Å². The number of amides is 1. The lowest BCUT2D eigenvalue weighted by atomic mass is 9.95. The van der Waals surface area contributed by atoms with Crippen LogP contribution in [0.3, 0.4) is 0 Å². The van der Waals surface area contributed by atoms with Crippen LogP contribution in [-0.4, -0.2) is 50.4 Å². The number of nitrogens with zero attached hydrogens (tertiary/aromatic N) is 1. The maximum Gasteiger partial charge on any atom is 0.240 e. The van der Waals surface area contributed by atoms with E-state index in [-0.39, 0.29) is 11.4 Å². The lowest BCUT2D eigenvalue weighted by Crippen LogP contribution is -3.06. The molecule has 0 saturated carbocycles. The van der Waals surface area contributed by atoms with E-state index < -0.39 is 17.7 Å². The first-order chi connectivity index (χ1) is 13.9. The van der Waals surface area contributed by atoms with Crippen molar-refractivity contribution in [2.24, 2.45) is 0 Å². The molecule has 1 unspecified atom stereocenters. The monoisotopic (exact) mass is 414 g/mol. The van der Waals surface area contributed by atoms with E-state index in [0.717, 1.165) is 11.3 Å². The summed E-state index contributed by atoms with van der Waals surface area (Å²) in [5.74, 6) is -1.03. The summed E-state index contributed by atoms with van der Waals surface area (Å²) in [5.41, 5.74) is 0.741. The van der Waals surface area contributed by atoms with E-state index in [1.54, 1.807) is 17.5 Å². The summed E-state index contributed by atoms with van der Waals surface area (Å²) in [5, 5.41) is 14.6. The van der Waals surface area contributed by atoms with Gasteiger partial charge in [-0.2, -0.15) is 0 Å². The highest BCUT2D eigenvalue weighted by Crippen LogP contribution is 2.39. The molecule has 29 heavy (non-hydrogen) atoms. The van der Waals surface area contributed by atoms with E-state index in [4.69, 9.17) is 4.74 Å². The van der Waals surface area contributed by atoms with Gasteiger partial charge in [-0.05, 0) is 41.3 Å². The molecule has 154 valence electrons. The van der Waals surface area contributed by atoms with E-state index in [1.165, 1.54) is 16.2 Å². The Morgan fingerprint density at radius 3 is 2.72 bits per heavy atom. The highest BCUT2D eigenvalue weighted by atomic mass is 32.1. The fourth-order valence-electron chi connectivity index (χ4n) is 3.33. The molecule has 1 aliphatic heterocycles. The molecule has 7 heteroatoms. The van der Waals surface area contributed by atoms with Crippen LogP contribution in [0.1, 0.15) is 34.6 Å². The molecule has 0 fully saturated rings. The van der Waals surface area contributed by atoms with Crippen molar-refractivity contribution in [1.29, 1.82) is 0 Å². The molecule has 3 rings (SSSR count). The zero-order valence-corrected chi connectivity index (χ0v) is 17.8. The number of thiophene rings is 1. The Labute approximate surface area is 175 Å². The van der Waals surface area contributed by atoms with Crippen LogP contribution in [0, 0.1) is 0 Å². The third kappa shape index (κ3) is 4.52. The van der Waals surface area contributed by atoms with E-state index >= 15 is 0 Å². The van der Waals surface area contributed by atoms with Crippen molar-refractivity contribution in [2.75, 3.05) is 33.8 Å². The zero-order chi connectivity index (χ0) is 21.0. The molecular weight excluding hydrogens is 388 g/mol. The fourth-order valence-corrected chi connectivity index (χ4v) is 4.00. The number of hydrogen-bond acceptors (Lipinski definition) is 5. The number of carbonyl (C=O) groups is 2. The molecule has 2 heterocycles. The molecule has 0 saturated heterocycles. The Kier molecular flexibility index (Phi) is 6.71. The lowest BCUT2D eigenvalue weighted by Gasteiger charge is -2.28. The number of nitrogens with one attached hydrogen (secondary N) is 1. The first-order valence-electron chi connectivity index (χ1n) is 9.76. The lowest BCUT2D eigenvalue weighted by molar-refractivity contribution is -0.857. The van der Waals surface area contributed by atoms with Gasteiger partial charge in [0.1, 0.15) is 5.75 Å². The summed E-state index contributed by atoms with van der Waals surface area (Å²) in [6.45, 7) is 3.65. The van der Waals surface area contributed by atoms with Crippen LogP contribution in [0.15, 0.2) is 53.1 Å². The number of likely N-dealkylation sites (N-methyl/N-ethyl adjacent to an activating group) is 1. The van der Waals surface area contributed by atoms with Crippen molar-refractivity contribution in [3.63, 3.8) is 0 Å². The molecule has 2 aromatic rings. The summed E-state index contributed by atoms with van der Waals surface area (Å²) in [4.78, 5) is 29.1. The second-order valence-electron chi connectivity index (χ2n) is 7.33. The van der Waals surface area contributed by atoms with Gasteiger partial charge >= 0.3 is 0 Å². The van der Waals surface area contributed by atoms with Crippen molar-refractivity contribution < 1.29 is 24.3 Å². The fraction of sp³-hybridized carbons (Fsp3) is 0.364. The minimum Gasteiger partial charge on any atom is -0.868 e. The Morgan fingerprint density at radius 1 is 1.28 bits per heavy atom. The summed E-state index contributed by atoms with van der Waals surface area (Å²) in [6.07, 6.45) is 0.872. The second-order valence-corrected chi connectivity index (χ2v) is 8.28. The van der Waals surface area contributed by atoms with E-state index in [2.05, 4.69) is 0 Å². The van der Waals surface area contributed by atoms with Crippen LogP contribution < -0.4 is 14.7 Å². The van der Waals surface area contributed by atoms with Gasteiger partial charge in [0.25, 0.3) is 0 Å². The molecule has 0 aliphatic carbocycles.